The Hall–Kier alpha value is -2.86. The lowest BCUT2D eigenvalue weighted by molar-refractivity contribution is 0.0951. The number of anilines is 2. The van der Waals surface area contributed by atoms with Gasteiger partial charge in [-0.2, -0.15) is 0 Å². The highest BCUT2D eigenvalue weighted by Gasteiger charge is 2.20. The van der Waals surface area contributed by atoms with Crippen LogP contribution in [0.3, 0.4) is 0 Å². The van der Waals surface area contributed by atoms with Gasteiger partial charge in [0.2, 0.25) is 0 Å². The van der Waals surface area contributed by atoms with Crippen molar-refractivity contribution in [3.8, 4) is 0 Å². The largest absolute Gasteiger partial charge is 0.371 e. The Kier molecular flexibility index (Phi) is 7.46. The van der Waals surface area contributed by atoms with Crippen LogP contribution in [0.4, 0.5) is 11.4 Å². The fraction of sp³-hybridized carbons (Fsp3) is 0.417. The molecule has 0 unspecified atom stereocenters. The van der Waals surface area contributed by atoms with Gasteiger partial charge in [0.05, 0.1) is 5.56 Å². The summed E-state index contributed by atoms with van der Waals surface area (Å²) in [6.45, 7) is 5.37. The summed E-state index contributed by atoms with van der Waals surface area (Å²) >= 11 is 0. The molecule has 0 aliphatic carbocycles. The van der Waals surface area contributed by atoms with Crippen LogP contribution in [0.15, 0.2) is 42.5 Å². The zero-order valence-electron chi connectivity index (χ0n) is 18.2. The molecule has 160 valence electrons. The zero-order valence-corrected chi connectivity index (χ0v) is 18.2. The van der Waals surface area contributed by atoms with Crippen molar-refractivity contribution in [1.82, 2.24) is 10.2 Å². The molecule has 0 atom stereocenters. The molecule has 1 heterocycles. The predicted octanol–water partition coefficient (Wildman–Crippen LogP) is 3.53. The van der Waals surface area contributed by atoms with Crippen molar-refractivity contribution in [2.45, 2.75) is 26.2 Å². The Bertz CT molecular complexity index is 889. The lowest BCUT2D eigenvalue weighted by Crippen LogP contribution is -2.29. The summed E-state index contributed by atoms with van der Waals surface area (Å²) in [6.07, 6.45) is 3.16. The Labute approximate surface area is 179 Å². The van der Waals surface area contributed by atoms with Crippen LogP contribution in [0.1, 0.15) is 45.5 Å². The monoisotopic (exact) mass is 408 g/mol. The molecule has 2 N–H and O–H groups in total. The fourth-order valence-corrected chi connectivity index (χ4v) is 3.75. The molecule has 1 saturated heterocycles. The van der Waals surface area contributed by atoms with Gasteiger partial charge >= 0.3 is 0 Å². The van der Waals surface area contributed by atoms with Crippen molar-refractivity contribution in [2.24, 2.45) is 0 Å². The first-order valence-corrected chi connectivity index (χ1v) is 10.6. The van der Waals surface area contributed by atoms with Gasteiger partial charge in [0.15, 0.2) is 0 Å². The van der Waals surface area contributed by atoms with Gasteiger partial charge in [-0.25, -0.2) is 0 Å². The fourth-order valence-electron chi connectivity index (χ4n) is 3.75. The van der Waals surface area contributed by atoms with E-state index >= 15 is 0 Å². The number of hydrogen-bond donors (Lipinski definition) is 2. The molecule has 3 rings (SSSR count). The first kappa shape index (κ1) is 21.8. The van der Waals surface area contributed by atoms with E-state index in [0.29, 0.717) is 23.4 Å². The molecular formula is C24H32N4O2. The van der Waals surface area contributed by atoms with E-state index in [0.717, 1.165) is 50.1 Å². The van der Waals surface area contributed by atoms with Gasteiger partial charge in [-0.15, -0.1) is 0 Å². The quantitative estimate of drug-likeness (QED) is 0.656. The number of amides is 2. The molecule has 0 radical (unpaired) electrons. The second kappa shape index (κ2) is 10.3. The highest BCUT2D eigenvalue weighted by atomic mass is 16.2. The van der Waals surface area contributed by atoms with E-state index in [2.05, 4.69) is 20.4 Å². The molecule has 30 heavy (non-hydrogen) atoms. The minimum atomic E-state index is -0.167. The molecule has 2 aromatic carbocycles. The molecular weight excluding hydrogens is 376 g/mol. The third-order valence-electron chi connectivity index (χ3n) is 5.40. The molecule has 2 amide bonds. The summed E-state index contributed by atoms with van der Waals surface area (Å²) in [5.74, 6) is -0.262. The minimum absolute atomic E-state index is 0.0948. The summed E-state index contributed by atoms with van der Waals surface area (Å²) in [5, 5.41) is 5.98. The van der Waals surface area contributed by atoms with Crippen LogP contribution in [0.2, 0.25) is 0 Å². The van der Waals surface area contributed by atoms with E-state index in [1.807, 2.05) is 57.4 Å². The van der Waals surface area contributed by atoms with E-state index in [9.17, 15) is 9.59 Å². The molecule has 0 bridgehead atoms. The van der Waals surface area contributed by atoms with Crippen LogP contribution in [-0.2, 0) is 0 Å². The topological polar surface area (TPSA) is 64.7 Å². The molecule has 0 saturated carbocycles. The number of benzene rings is 2. The summed E-state index contributed by atoms with van der Waals surface area (Å²) in [4.78, 5) is 30.0. The second-order valence-corrected chi connectivity index (χ2v) is 8.11. The lowest BCUT2D eigenvalue weighted by Gasteiger charge is -2.22. The molecule has 6 nitrogen and oxygen atoms in total. The number of carbonyl (C=O) groups excluding carboxylic acids is 2. The van der Waals surface area contributed by atoms with Crippen molar-refractivity contribution < 1.29 is 9.59 Å². The van der Waals surface area contributed by atoms with Crippen molar-refractivity contribution in [2.75, 3.05) is 50.5 Å². The second-order valence-electron chi connectivity index (χ2n) is 8.11. The maximum atomic E-state index is 13.0. The molecule has 1 aliphatic rings. The lowest BCUT2D eigenvalue weighted by atomic mass is 10.1. The SMILES string of the molecule is Cc1ccccc1C(=O)Nc1ccc(N2CCCC2)c(C(=O)NCCCN(C)C)c1. The van der Waals surface area contributed by atoms with Gasteiger partial charge in [0.25, 0.3) is 11.8 Å². The van der Waals surface area contributed by atoms with Crippen molar-refractivity contribution in [3.63, 3.8) is 0 Å². The van der Waals surface area contributed by atoms with Crippen molar-refractivity contribution >= 4 is 23.2 Å². The average Bonchev–Trinajstić information content (AvgIpc) is 3.26. The summed E-state index contributed by atoms with van der Waals surface area (Å²) in [7, 11) is 4.04. The Morgan fingerprint density at radius 2 is 1.73 bits per heavy atom. The van der Waals surface area contributed by atoms with Gasteiger partial charge in [-0.05, 0) is 76.7 Å². The van der Waals surface area contributed by atoms with E-state index in [4.69, 9.17) is 0 Å². The highest BCUT2D eigenvalue weighted by Crippen LogP contribution is 2.28. The zero-order chi connectivity index (χ0) is 21.5. The van der Waals surface area contributed by atoms with Gasteiger partial charge in [-0.1, -0.05) is 18.2 Å². The number of rotatable bonds is 8. The van der Waals surface area contributed by atoms with Crippen LogP contribution in [0.5, 0.6) is 0 Å². The number of nitrogens with one attached hydrogen (secondary N) is 2. The highest BCUT2D eigenvalue weighted by molar-refractivity contribution is 6.07. The Balaban J connectivity index is 1.78. The first-order chi connectivity index (χ1) is 14.5. The smallest absolute Gasteiger partial charge is 0.255 e. The van der Waals surface area contributed by atoms with Gasteiger partial charge in [0.1, 0.15) is 0 Å². The number of carbonyl (C=O) groups is 2. The van der Waals surface area contributed by atoms with Crippen LogP contribution in [0, 0.1) is 6.92 Å². The Morgan fingerprint density at radius 1 is 1.00 bits per heavy atom. The molecule has 6 heteroatoms. The Morgan fingerprint density at radius 3 is 2.43 bits per heavy atom. The van der Waals surface area contributed by atoms with Crippen molar-refractivity contribution in [1.29, 1.82) is 0 Å². The van der Waals surface area contributed by atoms with E-state index < -0.39 is 0 Å². The minimum Gasteiger partial charge on any atom is -0.371 e. The number of aryl methyl sites for hydroxylation is 1. The van der Waals surface area contributed by atoms with Crippen molar-refractivity contribution in [3.05, 3.63) is 59.2 Å². The van der Waals surface area contributed by atoms with Gasteiger partial charge in [-0.3, -0.25) is 9.59 Å². The third-order valence-corrected chi connectivity index (χ3v) is 5.40. The molecule has 0 spiro atoms. The summed E-state index contributed by atoms with van der Waals surface area (Å²) < 4.78 is 0. The normalized spacial score (nSPS) is 13.5. The predicted molar refractivity (Wildman–Crippen MR) is 123 cm³/mol. The molecule has 2 aromatic rings. The van der Waals surface area contributed by atoms with E-state index in [1.54, 1.807) is 6.07 Å². The first-order valence-electron chi connectivity index (χ1n) is 10.6. The standard InChI is InChI=1S/C24H32N4O2/c1-18-9-4-5-10-20(18)24(30)26-19-11-12-22(28-15-6-7-16-28)21(17-19)23(29)25-13-8-14-27(2)3/h4-5,9-12,17H,6-8,13-16H2,1-3H3,(H,25,29)(H,26,30). The summed E-state index contributed by atoms with van der Waals surface area (Å²) in [5.41, 5.74) is 3.74. The van der Waals surface area contributed by atoms with Crippen LogP contribution >= 0.6 is 0 Å². The van der Waals surface area contributed by atoms with Gasteiger partial charge < -0.3 is 20.4 Å². The average molecular weight is 409 g/mol. The molecule has 0 aromatic heterocycles. The summed E-state index contributed by atoms with van der Waals surface area (Å²) in [6, 6.07) is 13.1. The maximum Gasteiger partial charge on any atom is 0.255 e. The maximum absolute atomic E-state index is 13.0. The van der Waals surface area contributed by atoms with E-state index in [1.165, 1.54) is 0 Å². The number of nitrogens with zero attached hydrogens (tertiary/aromatic N) is 2. The molecule has 1 aliphatic heterocycles. The van der Waals surface area contributed by atoms with Crippen LogP contribution in [-0.4, -0.2) is 57.0 Å². The number of hydrogen-bond acceptors (Lipinski definition) is 4. The van der Waals surface area contributed by atoms with E-state index in [-0.39, 0.29) is 11.8 Å². The van der Waals surface area contributed by atoms with Crippen LogP contribution in [0.25, 0.3) is 0 Å². The molecule has 1 fully saturated rings. The van der Waals surface area contributed by atoms with Gasteiger partial charge in [0, 0.05) is 36.6 Å². The van der Waals surface area contributed by atoms with Crippen LogP contribution < -0.4 is 15.5 Å². The third kappa shape index (κ3) is 5.60.